The standard InChI is InChI=1S/C70H135NO4/c1-3-5-7-9-11-13-15-17-19-21-23-25-27-28-29-30-31-32-33-34-35-36-37-38-39-40-41-43-45-47-49-51-53-55-57-59-61-63-65-69(74)70(75)71-67(66-72)68(73)64-62-60-58-56-54-52-50-48-46-44-42-26-24-22-20-18-16-14-12-10-8-6-4-2/h31-32,34-35,62,64,67-69,72-74H,3-30,33,36-61,63,65-66H2,1-2H3,(H,71,75)/b32-31-,35-34-,64-62+. The first kappa shape index (κ1) is 73.6. The number of hydrogen-bond donors (Lipinski definition) is 4. The fourth-order valence-electron chi connectivity index (χ4n) is 10.9. The minimum Gasteiger partial charge on any atom is -0.394 e. The van der Waals surface area contributed by atoms with Crippen LogP contribution in [0.25, 0.3) is 0 Å². The van der Waals surface area contributed by atoms with Gasteiger partial charge in [0.1, 0.15) is 6.10 Å². The Morgan fingerprint density at radius 1 is 0.333 bits per heavy atom. The summed E-state index contributed by atoms with van der Waals surface area (Å²) in [7, 11) is 0. The fraction of sp³-hybridized carbons (Fsp3) is 0.900. The molecule has 0 fully saturated rings. The second-order valence-corrected chi connectivity index (χ2v) is 23.7. The minimum absolute atomic E-state index is 0.361. The number of aliphatic hydroxyl groups is 3. The maximum atomic E-state index is 12.6. The van der Waals surface area contributed by atoms with E-state index in [1.54, 1.807) is 6.08 Å². The molecule has 444 valence electrons. The molecule has 0 aromatic rings. The molecule has 5 heteroatoms. The van der Waals surface area contributed by atoms with Crippen molar-refractivity contribution in [3.05, 3.63) is 36.5 Å². The van der Waals surface area contributed by atoms with Gasteiger partial charge in [0.15, 0.2) is 0 Å². The topological polar surface area (TPSA) is 89.8 Å². The molecule has 5 nitrogen and oxygen atoms in total. The Labute approximate surface area is 470 Å². The monoisotopic (exact) mass is 1050 g/mol. The van der Waals surface area contributed by atoms with Gasteiger partial charge in [-0.05, 0) is 51.4 Å². The summed E-state index contributed by atoms with van der Waals surface area (Å²) in [6, 6.07) is -0.799. The van der Waals surface area contributed by atoms with Crippen molar-refractivity contribution in [3.63, 3.8) is 0 Å². The van der Waals surface area contributed by atoms with Crippen LogP contribution < -0.4 is 5.32 Å². The third-order valence-electron chi connectivity index (χ3n) is 16.2. The highest BCUT2D eigenvalue weighted by Gasteiger charge is 2.22. The van der Waals surface area contributed by atoms with E-state index in [1.165, 1.54) is 321 Å². The molecule has 0 radical (unpaired) electrons. The van der Waals surface area contributed by atoms with E-state index in [0.717, 1.165) is 38.5 Å². The van der Waals surface area contributed by atoms with E-state index in [9.17, 15) is 20.1 Å². The molecule has 3 unspecified atom stereocenters. The van der Waals surface area contributed by atoms with Gasteiger partial charge in [0.25, 0.3) is 0 Å². The van der Waals surface area contributed by atoms with Crippen LogP contribution in [0.15, 0.2) is 36.5 Å². The molecule has 0 saturated heterocycles. The van der Waals surface area contributed by atoms with Gasteiger partial charge in [0.2, 0.25) is 5.91 Å². The number of unbranched alkanes of at least 4 members (excludes halogenated alkanes) is 52. The molecule has 0 aliphatic heterocycles. The lowest BCUT2D eigenvalue weighted by molar-refractivity contribution is -0.131. The molecule has 0 spiro atoms. The predicted molar refractivity (Wildman–Crippen MR) is 333 cm³/mol. The van der Waals surface area contributed by atoms with Gasteiger partial charge in [-0.1, -0.05) is 365 Å². The number of carbonyl (C=O) groups excluding carboxylic acids is 1. The maximum Gasteiger partial charge on any atom is 0.249 e. The first-order valence-corrected chi connectivity index (χ1v) is 34.3. The quantitative estimate of drug-likeness (QED) is 0.0361. The third-order valence-corrected chi connectivity index (χ3v) is 16.2. The Morgan fingerprint density at radius 3 is 0.840 bits per heavy atom. The van der Waals surface area contributed by atoms with Gasteiger partial charge in [0.05, 0.1) is 18.8 Å². The van der Waals surface area contributed by atoms with Crippen molar-refractivity contribution in [3.8, 4) is 0 Å². The van der Waals surface area contributed by atoms with E-state index in [1.807, 2.05) is 6.08 Å². The van der Waals surface area contributed by atoms with Crippen molar-refractivity contribution in [1.29, 1.82) is 0 Å². The highest BCUT2D eigenvalue weighted by molar-refractivity contribution is 5.80. The lowest BCUT2D eigenvalue weighted by atomic mass is 10.0. The zero-order valence-corrected chi connectivity index (χ0v) is 51.0. The van der Waals surface area contributed by atoms with Crippen LogP contribution in [0.4, 0.5) is 0 Å². The summed E-state index contributed by atoms with van der Waals surface area (Å²) >= 11 is 0. The molecule has 0 aromatic carbocycles. The van der Waals surface area contributed by atoms with Gasteiger partial charge in [-0.3, -0.25) is 4.79 Å². The maximum absolute atomic E-state index is 12.6. The predicted octanol–water partition coefficient (Wildman–Crippen LogP) is 22.1. The number of carbonyl (C=O) groups is 1. The minimum atomic E-state index is -1.10. The molecule has 0 heterocycles. The number of allylic oxidation sites excluding steroid dienone is 5. The molecule has 0 aromatic heterocycles. The molecular weight excluding hydrogens is 919 g/mol. The number of nitrogens with one attached hydrogen (secondary N) is 1. The summed E-state index contributed by atoms with van der Waals surface area (Å²) < 4.78 is 0. The summed E-state index contributed by atoms with van der Waals surface area (Å²) in [6.07, 6.45) is 87.1. The van der Waals surface area contributed by atoms with Gasteiger partial charge in [-0.2, -0.15) is 0 Å². The summed E-state index contributed by atoms with van der Waals surface area (Å²) in [6.45, 7) is 4.23. The van der Waals surface area contributed by atoms with Gasteiger partial charge >= 0.3 is 0 Å². The van der Waals surface area contributed by atoms with E-state index >= 15 is 0 Å². The van der Waals surface area contributed by atoms with E-state index in [-0.39, 0.29) is 6.61 Å². The van der Waals surface area contributed by atoms with Crippen LogP contribution in [0, 0.1) is 0 Å². The molecule has 3 atom stereocenters. The van der Waals surface area contributed by atoms with Crippen LogP contribution in [-0.4, -0.2) is 46.1 Å². The molecule has 0 aliphatic rings. The van der Waals surface area contributed by atoms with Crippen molar-refractivity contribution in [2.45, 2.75) is 398 Å². The molecule has 0 bridgehead atoms. The Bertz CT molecular complexity index is 1170. The van der Waals surface area contributed by atoms with Gasteiger partial charge in [-0.25, -0.2) is 0 Å². The molecule has 0 rings (SSSR count). The molecule has 75 heavy (non-hydrogen) atoms. The molecule has 0 aliphatic carbocycles. The number of aliphatic hydroxyl groups excluding tert-OH is 3. The second-order valence-electron chi connectivity index (χ2n) is 23.7. The summed E-state index contributed by atoms with van der Waals surface area (Å²) in [5, 5.41) is 33.5. The largest absolute Gasteiger partial charge is 0.394 e. The van der Waals surface area contributed by atoms with Crippen molar-refractivity contribution >= 4 is 5.91 Å². The SMILES string of the molecule is CCCCCCCCCCCCCCCCC/C=C\C/C=C\CCCCCCCCCCCCCCCCCCC(O)C(=O)NC(CO)C(O)/C=C/CCCCCCCCCCCCCCCCCCCCCCC. The zero-order chi connectivity index (χ0) is 54.3. The normalized spacial score (nSPS) is 13.3. The van der Waals surface area contributed by atoms with Crippen LogP contribution in [0.5, 0.6) is 0 Å². The lowest BCUT2D eigenvalue weighted by Crippen LogP contribution is -2.48. The third kappa shape index (κ3) is 60.1. The van der Waals surface area contributed by atoms with Gasteiger partial charge in [-0.15, -0.1) is 0 Å². The molecule has 4 N–H and O–H groups in total. The van der Waals surface area contributed by atoms with E-state index in [4.69, 9.17) is 0 Å². The van der Waals surface area contributed by atoms with Crippen LogP contribution in [0.2, 0.25) is 0 Å². The van der Waals surface area contributed by atoms with Crippen LogP contribution in [-0.2, 0) is 4.79 Å². The Balaban J connectivity index is 3.49. The van der Waals surface area contributed by atoms with Crippen molar-refractivity contribution < 1.29 is 20.1 Å². The van der Waals surface area contributed by atoms with Crippen LogP contribution in [0.1, 0.15) is 380 Å². The van der Waals surface area contributed by atoms with E-state index in [2.05, 4.69) is 43.5 Å². The first-order valence-electron chi connectivity index (χ1n) is 34.3. The summed E-state index contributed by atoms with van der Waals surface area (Å²) in [5.41, 5.74) is 0. The van der Waals surface area contributed by atoms with Crippen molar-refractivity contribution in [2.24, 2.45) is 0 Å². The smallest absolute Gasteiger partial charge is 0.249 e. The Morgan fingerprint density at radius 2 is 0.573 bits per heavy atom. The van der Waals surface area contributed by atoms with Crippen LogP contribution in [0.3, 0.4) is 0 Å². The highest BCUT2D eigenvalue weighted by atomic mass is 16.3. The second kappa shape index (κ2) is 65.1. The van der Waals surface area contributed by atoms with Crippen molar-refractivity contribution in [1.82, 2.24) is 5.32 Å². The Kier molecular flexibility index (Phi) is 63.8. The highest BCUT2D eigenvalue weighted by Crippen LogP contribution is 2.19. The van der Waals surface area contributed by atoms with E-state index < -0.39 is 24.2 Å². The molecule has 0 saturated carbocycles. The molecule has 1 amide bonds. The Hall–Kier alpha value is -1.43. The zero-order valence-electron chi connectivity index (χ0n) is 51.0. The fourth-order valence-corrected chi connectivity index (χ4v) is 10.9. The first-order chi connectivity index (χ1) is 37.1. The van der Waals surface area contributed by atoms with Crippen LogP contribution >= 0.6 is 0 Å². The van der Waals surface area contributed by atoms with E-state index in [0.29, 0.717) is 6.42 Å². The average molecular weight is 1050 g/mol. The molecular formula is C70H135NO4. The number of hydrogen-bond acceptors (Lipinski definition) is 4. The number of amides is 1. The summed E-state index contributed by atoms with van der Waals surface area (Å²) in [5.74, 6) is -0.497. The van der Waals surface area contributed by atoms with Crippen molar-refractivity contribution in [2.75, 3.05) is 6.61 Å². The lowest BCUT2D eigenvalue weighted by Gasteiger charge is -2.21. The average Bonchev–Trinajstić information content (AvgIpc) is 3.41. The number of rotatable bonds is 64. The van der Waals surface area contributed by atoms with Gasteiger partial charge < -0.3 is 20.6 Å². The van der Waals surface area contributed by atoms with Gasteiger partial charge in [0, 0.05) is 0 Å². The summed E-state index contributed by atoms with van der Waals surface area (Å²) in [4.78, 5) is 12.6.